The summed E-state index contributed by atoms with van der Waals surface area (Å²) in [6, 6.07) is 3.66. The molecule has 4 heterocycles. The normalized spacial score (nSPS) is 19.6. The van der Waals surface area contributed by atoms with E-state index in [9.17, 15) is 9.59 Å². The van der Waals surface area contributed by atoms with E-state index >= 15 is 0 Å². The fraction of sp³-hybridized carbons (Fsp3) is 0.412. The fourth-order valence-electron chi connectivity index (χ4n) is 2.93. The van der Waals surface area contributed by atoms with Crippen LogP contribution in [0.3, 0.4) is 0 Å². The van der Waals surface area contributed by atoms with Gasteiger partial charge in [-0.1, -0.05) is 6.07 Å². The third kappa shape index (κ3) is 3.84. The number of carbonyl (C=O) groups is 2. The summed E-state index contributed by atoms with van der Waals surface area (Å²) < 4.78 is 0. The lowest BCUT2D eigenvalue weighted by Crippen LogP contribution is -2.36. The lowest BCUT2D eigenvalue weighted by Gasteiger charge is -2.17. The van der Waals surface area contributed by atoms with Gasteiger partial charge in [-0.25, -0.2) is 4.98 Å². The molecule has 2 aromatic heterocycles. The summed E-state index contributed by atoms with van der Waals surface area (Å²) in [5, 5.41) is 8.29. The molecule has 2 aliphatic rings. The largest absolute Gasteiger partial charge is 0.344 e. The number of rotatable bonds is 5. The van der Waals surface area contributed by atoms with Gasteiger partial charge in [-0.2, -0.15) is 0 Å². The van der Waals surface area contributed by atoms with E-state index in [0.29, 0.717) is 18.0 Å². The van der Waals surface area contributed by atoms with Crippen molar-refractivity contribution in [3.05, 3.63) is 28.6 Å². The first-order chi connectivity index (χ1) is 12.7. The van der Waals surface area contributed by atoms with Crippen LogP contribution in [0.1, 0.15) is 23.3 Å². The molecule has 136 valence electrons. The Hall–Kier alpha value is -1.71. The maximum Gasteiger partial charge on any atom is 0.271 e. The van der Waals surface area contributed by atoms with Crippen molar-refractivity contribution < 1.29 is 9.59 Å². The Morgan fingerprint density at radius 1 is 1.27 bits per heavy atom. The molecule has 2 amide bonds. The number of aromatic nitrogens is 1. The molecule has 0 bridgehead atoms. The van der Waals surface area contributed by atoms with Crippen molar-refractivity contribution in [2.45, 2.75) is 18.9 Å². The molecule has 1 atom stereocenters. The zero-order valence-electron chi connectivity index (χ0n) is 14.0. The average Bonchev–Trinajstić information content (AvgIpc) is 3.44. The van der Waals surface area contributed by atoms with Gasteiger partial charge in [0.2, 0.25) is 5.91 Å². The second-order valence-corrected chi connectivity index (χ2v) is 8.98. The first-order valence-corrected chi connectivity index (χ1v) is 11.2. The first kappa shape index (κ1) is 17.7. The van der Waals surface area contributed by atoms with Gasteiger partial charge in [0.15, 0.2) is 0 Å². The molecule has 1 saturated heterocycles. The number of aliphatic imine (C=N–C) groups is 1. The molecule has 2 aliphatic heterocycles. The summed E-state index contributed by atoms with van der Waals surface area (Å²) in [7, 11) is 0. The van der Waals surface area contributed by atoms with E-state index in [1.807, 2.05) is 22.4 Å². The fourth-order valence-corrected chi connectivity index (χ4v) is 5.49. The van der Waals surface area contributed by atoms with Crippen molar-refractivity contribution in [2.75, 3.05) is 25.4 Å². The monoisotopic (exact) mass is 406 g/mol. The molecule has 6 nitrogen and oxygen atoms in total. The highest BCUT2D eigenvalue weighted by atomic mass is 32.2. The molecule has 2 aromatic rings. The molecule has 9 heteroatoms. The van der Waals surface area contributed by atoms with Gasteiger partial charge in [-0.05, 0) is 24.3 Å². The van der Waals surface area contributed by atoms with E-state index in [1.54, 1.807) is 28.5 Å². The number of nitrogens with zero attached hydrogens (tertiary/aromatic N) is 3. The number of hydrogen-bond donors (Lipinski definition) is 1. The van der Waals surface area contributed by atoms with Crippen LogP contribution in [-0.4, -0.2) is 58.2 Å². The number of carbonyl (C=O) groups excluding carboxylic acids is 2. The average molecular weight is 407 g/mol. The minimum Gasteiger partial charge on any atom is -0.344 e. The molecular formula is C17H18N4O2S3. The van der Waals surface area contributed by atoms with Gasteiger partial charge in [0, 0.05) is 24.2 Å². The van der Waals surface area contributed by atoms with Gasteiger partial charge in [0.25, 0.3) is 5.91 Å². The van der Waals surface area contributed by atoms with E-state index in [2.05, 4.69) is 15.3 Å². The molecule has 0 radical (unpaired) electrons. The quantitative estimate of drug-likeness (QED) is 0.829. The van der Waals surface area contributed by atoms with Crippen LogP contribution in [0.2, 0.25) is 0 Å². The number of likely N-dealkylation sites (tertiary alicyclic amines) is 1. The summed E-state index contributed by atoms with van der Waals surface area (Å²) in [5.74, 6) is 0.581. The lowest BCUT2D eigenvalue weighted by molar-refractivity contribution is -0.130. The number of thiophene rings is 1. The van der Waals surface area contributed by atoms with Gasteiger partial charge < -0.3 is 10.2 Å². The van der Waals surface area contributed by atoms with Gasteiger partial charge in [0.05, 0.1) is 16.5 Å². The van der Waals surface area contributed by atoms with Gasteiger partial charge in [-0.15, -0.1) is 34.4 Å². The van der Waals surface area contributed by atoms with Crippen LogP contribution >= 0.6 is 34.4 Å². The second kappa shape index (κ2) is 7.89. The van der Waals surface area contributed by atoms with Crippen molar-refractivity contribution in [2.24, 2.45) is 4.99 Å². The summed E-state index contributed by atoms with van der Waals surface area (Å²) in [6.45, 7) is 2.04. The van der Waals surface area contributed by atoms with Gasteiger partial charge in [0.1, 0.15) is 16.7 Å². The molecular weight excluding hydrogens is 388 g/mol. The van der Waals surface area contributed by atoms with Crippen molar-refractivity contribution in [1.29, 1.82) is 0 Å². The van der Waals surface area contributed by atoms with Crippen LogP contribution in [0.25, 0.3) is 9.88 Å². The molecule has 1 fully saturated rings. The van der Waals surface area contributed by atoms with Crippen molar-refractivity contribution in [1.82, 2.24) is 15.2 Å². The Balaban J connectivity index is 1.32. The molecule has 1 N–H and O–H groups in total. The highest BCUT2D eigenvalue weighted by Crippen LogP contribution is 2.27. The third-order valence-corrected chi connectivity index (χ3v) is 7.23. The van der Waals surface area contributed by atoms with Gasteiger partial charge in [-0.3, -0.25) is 14.6 Å². The van der Waals surface area contributed by atoms with Crippen LogP contribution in [0.4, 0.5) is 0 Å². The summed E-state index contributed by atoms with van der Waals surface area (Å²) >= 11 is 4.62. The van der Waals surface area contributed by atoms with E-state index in [1.165, 1.54) is 11.3 Å². The van der Waals surface area contributed by atoms with Crippen LogP contribution in [0, 0.1) is 0 Å². The van der Waals surface area contributed by atoms with Crippen LogP contribution in [0.15, 0.2) is 27.9 Å². The Morgan fingerprint density at radius 2 is 2.12 bits per heavy atom. The van der Waals surface area contributed by atoms with Crippen molar-refractivity contribution in [3.63, 3.8) is 0 Å². The van der Waals surface area contributed by atoms with Crippen molar-refractivity contribution >= 4 is 51.3 Å². The Labute approximate surface area is 163 Å². The van der Waals surface area contributed by atoms with E-state index in [0.717, 1.165) is 40.9 Å². The minimum atomic E-state index is -0.297. The summed E-state index contributed by atoms with van der Waals surface area (Å²) in [6.07, 6.45) is 2.17. The summed E-state index contributed by atoms with van der Waals surface area (Å²) in [5.41, 5.74) is 0.423. The zero-order chi connectivity index (χ0) is 17.9. The van der Waals surface area contributed by atoms with E-state index < -0.39 is 0 Å². The number of hydrogen-bond acceptors (Lipinski definition) is 7. The molecule has 0 spiro atoms. The SMILES string of the molecule is O=C(NCC1=N[C@@H](C(=O)N2CCCC2)CS1)c1csc(-c2cccs2)n1. The molecule has 4 rings (SSSR count). The van der Waals surface area contributed by atoms with E-state index in [4.69, 9.17) is 0 Å². The summed E-state index contributed by atoms with van der Waals surface area (Å²) in [4.78, 5) is 36.6. The third-order valence-electron chi connectivity index (χ3n) is 4.28. The van der Waals surface area contributed by atoms with Gasteiger partial charge >= 0.3 is 0 Å². The zero-order valence-corrected chi connectivity index (χ0v) is 16.5. The first-order valence-electron chi connectivity index (χ1n) is 8.46. The van der Waals surface area contributed by atoms with E-state index in [-0.39, 0.29) is 17.9 Å². The predicted octanol–water partition coefficient (Wildman–Crippen LogP) is 2.74. The van der Waals surface area contributed by atoms with Crippen LogP contribution in [0.5, 0.6) is 0 Å². The second-order valence-electron chi connectivity index (χ2n) is 6.08. The maximum absolute atomic E-state index is 12.4. The molecule has 0 aromatic carbocycles. The Morgan fingerprint density at radius 3 is 2.88 bits per heavy atom. The topological polar surface area (TPSA) is 74.7 Å². The highest BCUT2D eigenvalue weighted by molar-refractivity contribution is 8.14. The van der Waals surface area contributed by atoms with Crippen molar-refractivity contribution in [3.8, 4) is 9.88 Å². The van der Waals surface area contributed by atoms with Crippen LogP contribution in [-0.2, 0) is 4.79 Å². The number of amides is 2. The standard InChI is InChI=1S/C17H18N4O2S3/c22-15(11-9-26-16(20-11)13-4-3-7-24-13)18-8-14-19-12(10-25-14)17(23)21-5-1-2-6-21/h3-4,7,9,12H,1-2,5-6,8,10H2,(H,18,22)/t12-/m1/s1. The molecule has 0 aliphatic carbocycles. The smallest absolute Gasteiger partial charge is 0.271 e. The Kier molecular flexibility index (Phi) is 5.37. The predicted molar refractivity (Wildman–Crippen MR) is 107 cm³/mol. The minimum absolute atomic E-state index is 0.122. The maximum atomic E-state index is 12.4. The molecule has 0 saturated carbocycles. The number of nitrogens with one attached hydrogen (secondary N) is 1. The molecule has 26 heavy (non-hydrogen) atoms. The molecule has 0 unspecified atom stereocenters. The highest BCUT2D eigenvalue weighted by Gasteiger charge is 2.30. The van der Waals surface area contributed by atoms with Crippen LogP contribution < -0.4 is 5.32 Å². The Bertz CT molecular complexity index is 825. The lowest BCUT2D eigenvalue weighted by atomic mass is 10.3. The number of thioether (sulfide) groups is 1. The number of thiazole rings is 1.